The Morgan fingerprint density at radius 2 is 1.62 bits per heavy atom. The highest BCUT2D eigenvalue weighted by molar-refractivity contribution is 5.75. The zero-order chi connectivity index (χ0) is 29.8. The summed E-state index contributed by atoms with van der Waals surface area (Å²) in [6.45, 7) is 13.1. The van der Waals surface area contributed by atoms with E-state index in [1.807, 2.05) is 54.6 Å². The van der Waals surface area contributed by atoms with E-state index >= 15 is 0 Å². The number of hydrogen-bond donors (Lipinski definition) is 2. The minimum Gasteiger partial charge on any atom is -0.508 e. The van der Waals surface area contributed by atoms with E-state index in [0.29, 0.717) is 17.4 Å². The van der Waals surface area contributed by atoms with Crippen LogP contribution in [0.3, 0.4) is 0 Å². The first-order valence-electron chi connectivity index (χ1n) is 13.8. The van der Waals surface area contributed by atoms with Crippen LogP contribution in [0.4, 0.5) is 0 Å². The van der Waals surface area contributed by atoms with Gasteiger partial charge in [-0.3, -0.25) is 9.69 Å². The summed E-state index contributed by atoms with van der Waals surface area (Å²) in [5, 5.41) is 12.6. The van der Waals surface area contributed by atoms with Gasteiger partial charge >= 0.3 is 0 Å². The molecule has 1 aliphatic heterocycles. The van der Waals surface area contributed by atoms with Crippen molar-refractivity contribution >= 4 is 6.29 Å². The molecule has 6 nitrogen and oxygen atoms in total. The van der Waals surface area contributed by atoms with Gasteiger partial charge in [0.25, 0.3) is 0 Å². The highest BCUT2D eigenvalue weighted by Crippen LogP contribution is 2.16. The number of phenols is 1. The van der Waals surface area contributed by atoms with Crippen LogP contribution in [0, 0.1) is 12.8 Å². The lowest BCUT2D eigenvalue weighted by atomic mass is 10.0. The van der Waals surface area contributed by atoms with Gasteiger partial charge in [0.2, 0.25) is 0 Å². The maximum atomic E-state index is 10.7. The second-order valence-electron chi connectivity index (χ2n) is 9.64. The van der Waals surface area contributed by atoms with E-state index in [1.165, 1.54) is 11.1 Å². The maximum Gasteiger partial charge on any atom is 0.150 e. The Morgan fingerprint density at radius 1 is 1.00 bits per heavy atom. The third-order valence-corrected chi connectivity index (χ3v) is 6.50. The minimum atomic E-state index is 0.340. The van der Waals surface area contributed by atoms with Crippen LogP contribution in [-0.2, 0) is 13.0 Å². The first-order valence-corrected chi connectivity index (χ1v) is 13.8. The van der Waals surface area contributed by atoms with E-state index in [1.54, 1.807) is 19.2 Å². The highest BCUT2D eigenvalue weighted by Gasteiger charge is 2.15. The molecular weight excluding hydrogens is 498 g/mol. The summed E-state index contributed by atoms with van der Waals surface area (Å²) >= 11 is 0. The largest absolute Gasteiger partial charge is 0.508 e. The van der Waals surface area contributed by atoms with Crippen LogP contribution in [0.25, 0.3) is 0 Å². The SMILES string of the molecule is C#C.CC1CN(Cc2ccc(O)cc2)CCN1.CCN(C)CC.COc1cccc(Cc2cccc(C=O)c2)c1. The summed E-state index contributed by atoms with van der Waals surface area (Å²) < 4.78 is 5.18. The van der Waals surface area contributed by atoms with Crippen LogP contribution in [0.2, 0.25) is 0 Å². The number of piperazine rings is 1. The van der Waals surface area contributed by atoms with Crippen LogP contribution in [0.1, 0.15) is 47.8 Å². The highest BCUT2D eigenvalue weighted by atomic mass is 16.5. The first-order chi connectivity index (χ1) is 19.4. The Labute approximate surface area is 242 Å². The monoisotopic (exact) mass is 545 g/mol. The van der Waals surface area contributed by atoms with Crippen LogP contribution in [0.15, 0.2) is 72.8 Å². The Hall–Kier alpha value is -3.63. The smallest absolute Gasteiger partial charge is 0.150 e. The quantitative estimate of drug-likeness (QED) is 0.288. The van der Waals surface area contributed by atoms with Crippen LogP contribution < -0.4 is 10.1 Å². The Kier molecular flexibility index (Phi) is 17.5. The van der Waals surface area contributed by atoms with E-state index in [0.717, 1.165) is 63.3 Å². The number of hydrogen-bond acceptors (Lipinski definition) is 6. The van der Waals surface area contributed by atoms with Crippen molar-refractivity contribution in [1.29, 1.82) is 0 Å². The van der Waals surface area contributed by atoms with Crippen LogP contribution in [0.5, 0.6) is 11.5 Å². The fraction of sp³-hybridized carbons (Fsp3) is 0.382. The molecule has 0 saturated carbocycles. The number of aromatic hydroxyl groups is 1. The molecule has 3 aromatic carbocycles. The molecule has 0 amide bonds. The molecule has 1 heterocycles. The van der Waals surface area contributed by atoms with Crippen molar-refractivity contribution in [2.24, 2.45) is 0 Å². The summed E-state index contributed by atoms with van der Waals surface area (Å²) in [7, 11) is 3.77. The molecule has 1 fully saturated rings. The minimum absolute atomic E-state index is 0.340. The number of aldehydes is 1. The van der Waals surface area contributed by atoms with E-state index in [-0.39, 0.29) is 0 Å². The molecule has 2 N–H and O–H groups in total. The fourth-order valence-corrected chi connectivity index (χ4v) is 4.03. The van der Waals surface area contributed by atoms with Crippen molar-refractivity contribution in [2.45, 2.75) is 39.8 Å². The van der Waals surface area contributed by atoms with Crippen molar-refractivity contribution < 1.29 is 14.6 Å². The van der Waals surface area contributed by atoms with Crippen LogP contribution >= 0.6 is 0 Å². The summed E-state index contributed by atoms with van der Waals surface area (Å²) in [5.74, 6) is 1.20. The van der Waals surface area contributed by atoms with E-state index < -0.39 is 0 Å². The zero-order valence-corrected chi connectivity index (χ0v) is 24.8. The van der Waals surface area contributed by atoms with Gasteiger partial charge in [-0.25, -0.2) is 0 Å². The number of rotatable bonds is 8. The number of ether oxygens (including phenoxy) is 1. The van der Waals surface area contributed by atoms with Crippen molar-refractivity contribution in [3.05, 3.63) is 95.1 Å². The van der Waals surface area contributed by atoms with Gasteiger partial charge < -0.3 is 20.1 Å². The number of nitrogens with one attached hydrogen (secondary N) is 1. The lowest BCUT2D eigenvalue weighted by Crippen LogP contribution is -2.48. The van der Waals surface area contributed by atoms with E-state index in [4.69, 9.17) is 4.74 Å². The van der Waals surface area contributed by atoms with Gasteiger partial charge in [-0.15, -0.1) is 12.8 Å². The van der Waals surface area contributed by atoms with Crippen molar-refractivity contribution in [2.75, 3.05) is 46.9 Å². The lowest BCUT2D eigenvalue weighted by molar-refractivity contribution is 0.112. The number of carbonyl (C=O) groups is 1. The third-order valence-electron chi connectivity index (χ3n) is 6.50. The van der Waals surface area contributed by atoms with Crippen molar-refractivity contribution in [1.82, 2.24) is 15.1 Å². The fourth-order valence-electron chi connectivity index (χ4n) is 4.03. The number of methoxy groups -OCH3 is 1. The number of carbonyl (C=O) groups excluding carboxylic acids is 1. The normalized spacial score (nSPS) is 14.3. The molecule has 1 aliphatic rings. The predicted octanol–water partition coefficient (Wildman–Crippen LogP) is 5.49. The maximum absolute atomic E-state index is 10.7. The van der Waals surface area contributed by atoms with Gasteiger partial charge in [-0.1, -0.05) is 56.3 Å². The standard InChI is InChI=1S/C15H14O2.C12H18N2O.C5H13N.C2H2/c1-17-15-7-3-5-13(10-15)8-12-4-2-6-14(9-12)11-16;1-10-8-14(7-6-13-10)9-11-2-4-12(15)5-3-11;1-4-6(3)5-2;1-2/h2-7,9-11H,8H2,1H3;2-5,10,13,15H,6-9H2,1H3;4-5H2,1-3H3;1-2H. The molecule has 1 atom stereocenters. The predicted molar refractivity (Wildman–Crippen MR) is 167 cm³/mol. The average Bonchev–Trinajstić information content (AvgIpc) is 3.00. The molecule has 6 heteroatoms. The Balaban J connectivity index is 0.000000319. The molecule has 0 spiro atoms. The van der Waals surface area contributed by atoms with Gasteiger partial charge in [0.1, 0.15) is 17.8 Å². The Morgan fingerprint density at radius 3 is 2.17 bits per heavy atom. The zero-order valence-electron chi connectivity index (χ0n) is 24.8. The molecule has 1 unspecified atom stereocenters. The second-order valence-corrected chi connectivity index (χ2v) is 9.64. The van der Waals surface area contributed by atoms with Gasteiger partial charge in [-0.2, -0.15) is 0 Å². The number of terminal acetylenes is 1. The van der Waals surface area contributed by atoms with Gasteiger partial charge in [0.15, 0.2) is 0 Å². The summed E-state index contributed by atoms with van der Waals surface area (Å²) in [6, 6.07) is 23.6. The molecule has 216 valence electrons. The average molecular weight is 546 g/mol. The Bertz CT molecular complexity index is 1110. The summed E-state index contributed by atoms with van der Waals surface area (Å²) in [6.07, 6.45) is 9.67. The van der Waals surface area contributed by atoms with Crippen LogP contribution in [-0.4, -0.2) is 74.1 Å². The lowest BCUT2D eigenvalue weighted by Gasteiger charge is -2.31. The second kappa shape index (κ2) is 20.3. The number of benzene rings is 3. The molecule has 4 rings (SSSR count). The third kappa shape index (κ3) is 14.0. The molecule has 1 saturated heterocycles. The number of nitrogens with zero attached hydrogens (tertiary/aromatic N) is 2. The molecule has 0 aromatic heterocycles. The molecule has 3 aromatic rings. The first kappa shape index (κ1) is 34.4. The topological polar surface area (TPSA) is 65.0 Å². The summed E-state index contributed by atoms with van der Waals surface area (Å²) in [4.78, 5) is 15.4. The molecule has 40 heavy (non-hydrogen) atoms. The molecule has 0 aliphatic carbocycles. The van der Waals surface area contributed by atoms with E-state index in [2.05, 4.69) is 61.8 Å². The van der Waals surface area contributed by atoms with Gasteiger partial charge in [0, 0.05) is 37.8 Å². The van der Waals surface area contributed by atoms with Crippen molar-refractivity contribution in [3.8, 4) is 24.3 Å². The van der Waals surface area contributed by atoms with E-state index in [9.17, 15) is 9.90 Å². The number of phenolic OH excluding ortho intramolecular Hbond substituents is 1. The van der Waals surface area contributed by atoms with Gasteiger partial charge in [-0.05, 0) is 80.5 Å². The molecular formula is C34H47N3O3. The van der Waals surface area contributed by atoms with Gasteiger partial charge in [0.05, 0.1) is 7.11 Å². The summed E-state index contributed by atoms with van der Waals surface area (Å²) in [5.41, 5.74) is 4.28. The van der Waals surface area contributed by atoms with Crippen molar-refractivity contribution in [3.63, 3.8) is 0 Å². The molecule has 0 radical (unpaired) electrons. The molecule has 0 bridgehead atoms.